The minimum Gasteiger partial charge on any atom is -0.481 e. The molecule has 4 aliphatic carbocycles. The zero-order valence-electron chi connectivity index (χ0n) is 23.9. The lowest BCUT2D eigenvalue weighted by atomic mass is 9.43. The van der Waals surface area contributed by atoms with Crippen LogP contribution in [-0.2, 0) is 28.7 Å². The van der Waals surface area contributed by atoms with Gasteiger partial charge in [-0.15, -0.1) is 0 Å². The number of unbranched alkanes of at least 4 members (excludes halogenated alkanes) is 1. The molecule has 0 bridgehead atoms. The molecule has 4 fully saturated rings. The third kappa shape index (κ3) is 5.19. The Balaban J connectivity index is 1.15. The first-order valence-electron chi connectivity index (χ1n) is 15.2. The molecule has 222 valence electrons. The van der Waals surface area contributed by atoms with Crippen molar-refractivity contribution < 1.29 is 38.9 Å². The minimum absolute atomic E-state index is 0.0354. The molecule has 0 radical (unpaired) electrons. The third-order valence-corrected chi connectivity index (χ3v) is 11.7. The molecule has 0 saturated heterocycles. The van der Waals surface area contributed by atoms with E-state index in [0.717, 1.165) is 63.4 Å². The lowest BCUT2D eigenvalue weighted by Crippen LogP contribution is -2.62. The Morgan fingerprint density at radius 1 is 1.02 bits per heavy atom. The number of rotatable bonds is 9. The maximum atomic E-state index is 12.5. The number of amides is 1. The fraction of sp³-hybridized carbons (Fsp3) is 0.806. The molecule has 1 heterocycles. The highest BCUT2D eigenvalue weighted by atomic mass is 16.5. The van der Waals surface area contributed by atoms with Gasteiger partial charge in [0.2, 0.25) is 5.91 Å². The number of hydrogen-bond donors (Lipinski definition) is 3. The maximum absolute atomic E-state index is 12.5. The molecule has 0 unspecified atom stereocenters. The smallest absolute Gasteiger partial charge is 0.331 e. The van der Waals surface area contributed by atoms with Crippen LogP contribution in [0.3, 0.4) is 0 Å². The van der Waals surface area contributed by atoms with Crippen molar-refractivity contribution in [3.05, 3.63) is 11.6 Å². The molecule has 0 spiro atoms. The number of esters is 2. The van der Waals surface area contributed by atoms with Gasteiger partial charge >= 0.3 is 17.9 Å². The molecule has 0 aromatic heterocycles. The zero-order chi connectivity index (χ0) is 28.7. The van der Waals surface area contributed by atoms with Crippen molar-refractivity contribution in [2.24, 2.45) is 34.5 Å². The molecular formula is C31H45NO8. The van der Waals surface area contributed by atoms with Crippen molar-refractivity contribution in [1.82, 2.24) is 5.32 Å². The summed E-state index contributed by atoms with van der Waals surface area (Å²) in [5.41, 5.74) is 0.163. The molecule has 8 atom stereocenters. The molecule has 5 rings (SSSR count). The number of carboxylic acid groups (broad SMARTS) is 1. The Labute approximate surface area is 236 Å². The normalized spacial score (nSPS) is 40.2. The second-order valence-electron chi connectivity index (χ2n) is 13.6. The monoisotopic (exact) mass is 559 g/mol. The summed E-state index contributed by atoms with van der Waals surface area (Å²) in [4.78, 5) is 46.8. The van der Waals surface area contributed by atoms with Gasteiger partial charge in [-0.25, -0.2) is 4.79 Å². The molecule has 0 aromatic rings. The molecule has 40 heavy (non-hydrogen) atoms. The third-order valence-electron chi connectivity index (χ3n) is 11.7. The van der Waals surface area contributed by atoms with Gasteiger partial charge in [-0.1, -0.05) is 13.8 Å². The first kappa shape index (κ1) is 29.1. The maximum Gasteiger partial charge on any atom is 0.331 e. The summed E-state index contributed by atoms with van der Waals surface area (Å²) >= 11 is 0. The number of cyclic esters (lactones) is 1. The summed E-state index contributed by atoms with van der Waals surface area (Å²) in [5.74, 6) is -0.549. The average molecular weight is 560 g/mol. The van der Waals surface area contributed by atoms with E-state index in [0.29, 0.717) is 31.3 Å². The number of aliphatic hydroxyl groups is 1. The number of aliphatic carboxylic acids is 1. The highest BCUT2D eigenvalue weighted by Gasteiger charge is 2.67. The number of carbonyl (C=O) groups excluding carboxylic acids is 3. The topological polar surface area (TPSA) is 139 Å². The van der Waals surface area contributed by atoms with Crippen molar-refractivity contribution in [2.45, 2.75) is 109 Å². The van der Waals surface area contributed by atoms with Gasteiger partial charge in [-0.05, 0) is 105 Å². The Morgan fingerprint density at radius 2 is 1.80 bits per heavy atom. The summed E-state index contributed by atoms with van der Waals surface area (Å²) in [6.45, 7) is 4.83. The van der Waals surface area contributed by atoms with Crippen LogP contribution >= 0.6 is 0 Å². The standard InChI is InChI=1S/C31H45NO8/c1-29-12-9-21(40-28(37)17-32-25(33)5-3-4-6-26(34)35)16-20(29)7-8-24-23(29)10-13-30(2)22(11-14-31(24,30)38)19-15-27(36)39-18-19/h15,20-24,38H,3-14,16-18H2,1-2H3,(H,32,33)(H,34,35)/t20-,21+,22-,23+,24-,29+,30-,31+/m1/s1. The SMILES string of the molecule is C[C@]12CC[C@H](OC(=O)CNC(=O)CCCCC(=O)O)C[C@H]1CC[C@@H]1[C@@H]2CC[C@]2(C)[C@@H](C3=CC(=O)OC3)CC[C@]12O. The number of nitrogens with one attached hydrogen (secondary N) is 1. The lowest BCUT2D eigenvalue weighted by Gasteiger charge is -2.63. The van der Waals surface area contributed by atoms with Crippen LogP contribution in [0.5, 0.6) is 0 Å². The molecule has 1 amide bonds. The van der Waals surface area contributed by atoms with E-state index in [9.17, 15) is 24.3 Å². The van der Waals surface area contributed by atoms with Crippen molar-refractivity contribution in [3.8, 4) is 0 Å². The lowest BCUT2D eigenvalue weighted by molar-refractivity contribution is -0.210. The highest BCUT2D eigenvalue weighted by Crippen LogP contribution is 2.70. The van der Waals surface area contributed by atoms with Gasteiger partial charge in [0.1, 0.15) is 19.3 Å². The van der Waals surface area contributed by atoms with Crippen LogP contribution < -0.4 is 5.32 Å². The fourth-order valence-electron chi connectivity index (χ4n) is 9.53. The second kappa shape index (κ2) is 11.1. The predicted octanol–water partition coefficient (Wildman–Crippen LogP) is 3.92. The van der Waals surface area contributed by atoms with E-state index in [2.05, 4.69) is 19.2 Å². The number of hydrogen-bond acceptors (Lipinski definition) is 7. The molecule has 3 N–H and O–H groups in total. The van der Waals surface area contributed by atoms with Crippen LogP contribution in [-0.4, -0.2) is 58.9 Å². The summed E-state index contributed by atoms with van der Waals surface area (Å²) in [7, 11) is 0. The van der Waals surface area contributed by atoms with Crippen molar-refractivity contribution in [1.29, 1.82) is 0 Å². The van der Waals surface area contributed by atoms with Crippen molar-refractivity contribution >= 4 is 23.8 Å². The number of ether oxygens (including phenoxy) is 2. The molecule has 5 aliphatic rings. The van der Waals surface area contributed by atoms with Gasteiger partial charge in [-0.2, -0.15) is 0 Å². The van der Waals surface area contributed by atoms with Crippen LogP contribution in [0.15, 0.2) is 11.6 Å². The molecule has 4 saturated carbocycles. The van der Waals surface area contributed by atoms with E-state index < -0.39 is 17.5 Å². The second-order valence-corrected chi connectivity index (χ2v) is 13.6. The number of carboxylic acids is 1. The van der Waals surface area contributed by atoms with Gasteiger partial charge in [0, 0.05) is 24.3 Å². The van der Waals surface area contributed by atoms with E-state index >= 15 is 0 Å². The molecule has 9 nitrogen and oxygen atoms in total. The van der Waals surface area contributed by atoms with Gasteiger partial charge in [0.25, 0.3) is 0 Å². The Hall–Kier alpha value is -2.42. The molecule has 1 aliphatic heterocycles. The van der Waals surface area contributed by atoms with Crippen molar-refractivity contribution in [3.63, 3.8) is 0 Å². The van der Waals surface area contributed by atoms with Crippen molar-refractivity contribution in [2.75, 3.05) is 13.2 Å². The average Bonchev–Trinajstić information content (AvgIpc) is 3.45. The largest absolute Gasteiger partial charge is 0.481 e. The quantitative estimate of drug-likeness (QED) is 0.285. The number of fused-ring (bicyclic) bond motifs is 5. The minimum atomic E-state index is -0.877. The highest BCUT2D eigenvalue weighted by molar-refractivity contribution is 5.85. The Morgan fingerprint density at radius 3 is 2.52 bits per heavy atom. The summed E-state index contributed by atoms with van der Waals surface area (Å²) in [6, 6.07) is 0. The van der Waals surface area contributed by atoms with Gasteiger partial charge < -0.3 is 25.0 Å². The Bertz CT molecular complexity index is 1070. The van der Waals surface area contributed by atoms with E-state index in [1.165, 1.54) is 0 Å². The van der Waals surface area contributed by atoms with Crippen LogP contribution in [0.1, 0.15) is 97.3 Å². The van der Waals surface area contributed by atoms with E-state index in [-0.39, 0.29) is 60.0 Å². The zero-order valence-corrected chi connectivity index (χ0v) is 23.9. The van der Waals surface area contributed by atoms with Crippen LogP contribution in [0.25, 0.3) is 0 Å². The van der Waals surface area contributed by atoms with E-state index in [1.54, 1.807) is 6.08 Å². The molecular weight excluding hydrogens is 514 g/mol. The Kier molecular flexibility index (Phi) is 8.07. The van der Waals surface area contributed by atoms with Crippen LogP contribution in [0.2, 0.25) is 0 Å². The summed E-state index contributed by atoms with van der Waals surface area (Å²) in [5, 5.41) is 23.6. The van der Waals surface area contributed by atoms with Crippen LogP contribution in [0, 0.1) is 34.5 Å². The first-order valence-corrected chi connectivity index (χ1v) is 15.2. The van der Waals surface area contributed by atoms with Gasteiger partial charge in [0.05, 0.1) is 5.60 Å². The molecule has 0 aromatic carbocycles. The summed E-state index contributed by atoms with van der Waals surface area (Å²) in [6.07, 6.45) is 10.8. The van der Waals surface area contributed by atoms with Gasteiger partial charge in [-0.3, -0.25) is 14.4 Å². The van der Waals surface area contributed by atoms with E-state index in [4.69, 9.17) is 14.6 Å². The molecule has 9 heteroatoms. The fourth-order valence-corrected chi connectivity index (χ4v) is 9.53. The van der Waals surface area contributed by atoms with Gasteiger partial charge in [0.15, 0.2) is 0 Å². The van der Waals surface area contributed by atoms with Crippen LogP contribution in [0.4, 0.5) is 0 Å². The predicted molar refractivity (Wildman–Crippen MR) is 145 cm³/mol. The van der Waals surface area contributed by atoms with E-state index in [1.807, 2.05) is 0 Å². The first-order chi connectivity index (χ1) is 19.0. The summed E-state index contributed by atoms with van der Waals surface area (Å²) < 4.78 is 11.0. The number of carbonyl (C=O) groups is 4.